The van der Waals surface area contributed by atoms with Gasteiger partial charge >= 0.3 is 78.0 Å². The van der Waals surface area contributed by atoms with E-state index in [4.69, 9.17) is 0 Å². The molecule has 0 unspecified atom stereocenters. The van der Waals surface area contributed by atoms with E-state index in [9.17, 15) is 0 Å². The second kappa shape index (κ2) is 2.20. The third kappa shape index (κ3) is 0.798. The zero-order chi connectivity index (χ0) is 7.26. The summed E-state index contributed by atoms with van der Waals surface area (Å²) in [5.41, 5.74) is 0. The van der Waals surface area contributed by atoms with Crippen LogP contribution in [0.5, 0.6) is 0 Å². The zero-order valence-corrected chi connectivity index (χ0v) is 8.88. The van der Waals surface area contributed by atoms with Crippen LogP contribution in [0.15, 0.2) is 22.9 Å². The number of hydrogen-bond acceptors (Lipinski definition) is 2. The molecule has 0 aliphatic rings. The van der Waals surface area contributed by atoms with E-state index in [1.807, 2.05) is 22.7 Å². The van der Waals surface area contributed by atoms with Gasteiger partial charge in [-0.25, -0.2) is 0 Å². The molecule has 11 heavy (non-hydrogen) atoms. The molecule has 0 aliphatic heterocycles. The second-order valence-electron chi connectivity index (χ2n) is 2.34. The van der Waals surface area contributed by atoms with Crippen LogP contribution in [0.25, 0.3) is 17.9 Å². The standard InChI is InChI=1S/C8H4S2Se/c1-3-10-8-5(1)7-6(11-8)2-4-9-7/h1-4H. The van der Waals surface area contributed by atoms with Crippen LogP contribution in [0.3, 0.4) is 0 Å². The molecule has 3 heteroatoms. The van der Waals surface area contributed by atoms with Crippen molar-refractivity contribution in [3.8, 4) is 0 Å². The molecular formula is C8H4S2Se. The van der Waals surface area contributed by atoms with Crippen molar-refractivity contribution in [2.24, 2.45) is 0 Å². The Balaban J connectivity index is 2.75. The van der Waals surface area contributed by atoms with Crippen molar-refractivity contribution in [3.63, 3.8) is 0 Å². The van der Waals surface area contributed by atoms with Gasteiger partial charge in [0.15, 0.2) is 0 Å². The second-order valence-corrected chi connectivity index (χ2v) is 6.96. The molecule has 0 nitrogen and oxygen atoms in total. The van der Waals surface area contributed by atoms with Gasteiger partial charge in [-0.3, -0.25) is 0 Å². The van der Waals surface area contributed by atoms with Gasteiger partial charge in [0.2, 0.25) is 0 Å². The minimum atomic E-state index is 0.624. The van der Waals surface area contributed by atoms with Crippen LogP contribution in [-0.2, 0) is 0 Å². The Bertz CT molecular complexity index is 455. The van der Waals surface area contributed by atoms with E-state index in [1.165, 1.54) is 10.1 Å². The van der Waals surface area contributed by atoms with Gasteiger partial charge in [-0.1, -0.05) is 0 Å². The Morgan fingerprint density at radius 1 is 1.09 bits per heavy atom. The molecule has 0 saturated heterocycles. The molecule has 0 aliphatic carbocycles. The summed E-state index contributed by atoms with van der Waals surface area (Å²) in [7, 11) is 0. The Morgan fingerprint density at radius 2 is 2.00 bits per heavy atom. The molecule has 0 radical (unpaired) electrons. The Labute approximate surface area is 77.8 Å². The summed E-state index contributed by atoms with van der Waals surface area (Å²) in [5.74, 6) is 0. The summed E-state index contributed by atoms with van der Waals surface area (Å²) in [6, 6.07) is 4.52. The maximum atomic E-state index is 2.27. The van der Waals surface area contributed by atoms with E-state index in [1.54, 1.807) is 7.83 Å². The van der Waals surface area contributed by atoms with Crippen molar-refractivity contribution < 1.29 is 0 Å². The fraction of sp³-hybridized carbons (Fsp3) is 0. The van der Waals surface area contributed by atoms with Crippen molar-refractivity contribution in [1.29, 1.82) is 0 Å². The van der Waals surface area contributed by atoms with E-state index >= 15 is 0 Å². The average molecular weight is 243 g/mol. The summed E-state index contributed by atoms with van der Waals surface area (Å²) >= 11 is 4.41. The zero-order valence-electron chi connectivity index (χ0n) is 5.53. The molecule has 0 saturated carbocycles. The summed E-state index contributed by atoms with van der Waals surface area (Å²) in [6.45, 7) is 0. The van der Waals surface area contributed by atoms with Gasteiger partial charge in [-0.2, -0.15) is 0 Å². The molecule has 3 rings (SSSR count). The summed E-state index contributed by atoms with van der Waals surface area (Å²) < 4.78 is 4.73. The SMILES string of the molecule is c1cc2c(s1)[se]c1ccsc12. The normalized spacial score (nSPS) is 11.6. The van der Waals surface area contributed by atoms with Gasteiger partial charge in [0.25, 0.3) is 0 Å². The number of rotatable bonds is 0. The van der Waals surface area contributed by atoms with Crippen molar-refractivity contribution in [1.82, 2.24) is 0 Å². The van der Waals surface area contributed by atoms with Gasteiger partial charge in [0.05, 0.1) is 0 Å². The fourth-order valence-corrected chi connectivity index (χ4v) is 6.47. The summed E-state index contributed by atoms with van der Waals surface area (Å²) in [5, 5.41) is 5.92. The van der Waals surface area contributed by atoms with Crippen molar-refractivity contribution >= 4 is 55.1 Å². The number of fused-ring (bicyclic) bond motifs is 3. The maximum absolute atomic E-state index is 2.27. The van der Waals surface area contributed by atoms with E-state index in [2.05, 4.69) is 22.9 Å². The molecule has 0 spiro atoms. The predicted molar refractivity (Wildman–Crippen MR) is 54.1 cm³/mol. The van der Waals surface area contributed by atoms with Crippen LogP contribution in [0.4, 0.5) is 0 Å². The topological polar surface area (TPSA) is 0 Å². The molecule has 3 aromatic heterocycles. The number of thiophene rings is 2. The van der Waals surface area contributed by atoms with Gasteiger partial charge in [0, 0.05) is 0 Å². The van der Waals surface area contributed by atoms with Crippen LogP contribution in [0, 0.1) is 0 Å². The first-order valence-electron chi connectivity index (χ1n) is 3.28. The monoisotopic (exact) mass is 244 g/mol. The Kier molecular flexibility index (Phi) is 1.29. The van der Waals surface area contributed by atoms with E-state index in [-0.39, 0.29) is 0 Å². The predicted octanol–water partition coefficient (Wildman–Crippen LogP) is 3.17. The Hall–Kier alpha value is -0.0805. The van der Waals surface area contributed by atoms with Crippen LogP contribution in [-0.4, -0.2) is 14.5 Å². The van der Waals surface area contributed by atoms with Crippen molar-refractivity contribution in [2.75, 3.05) is 0 Å². The Morgan fingerprint density at radius 3 is 3.00 bits per heavy atom. The number of hydrogen-bond donors (Lipinski definition) is 0. The van der Waals surface area contributed by atoms with Crippen molar-refractivity contribution in [2.45, 2.75) is 0 Å². The van der Waals surface area contributed by atoms with E-state index in [0.29, 0.717) is 14.5 Å². The van der Waals surface area contributed by atoms with E-state index < -0.39 is 0 Å². The molecule has 54 valence electrons. The van der Waals surface area contributed by atoms with Crippen LogP contribution < -0.4 is 0 Å². The molecule has 0 fully saturated rings. The fourth-order valence-electron chi connectivity index (χ4n) is 1.22. The summed E-state index contributed by atoms with van der Waals surface area (Å²) in [6.07, 6.45) is 0. The van der Waals surface area contributed by atoms with Crippen LogP contribution in [0.1, 0.15) is 0 Å². The first-order chi connectivity index (χ1) is 5.45. The molecule has 3 heterocycles. The van der Waals surface area contributed by atoms with Crippen molar-refractivity contribution in [3.05, 3.63) is 22.9 Å². The molecule has 0 amide bonds. The molecule has 0 atom stereocenters. The summed E-state index contributed by atoms with van der Waals surface area (Å²) in [4.78, 5) is 0. The molecular weight excluding hydrogens is 239 g/mol. The molecule has 0 bridgehead atoms. The third-order valence-corrected chi connectivity index (χ3v) is 6.72. The van der Waals surface area contributed by atoms with Crippen LogP contribution in [0.2, 0.25) is 0 Å². The van der Waals surface area contributed by atoms with Gasteiger partial charge < -0.3 is 0 Å². The molecule has 0 aromatic carbocycles. The minimum absolute atomic E-state index is 0.624. The third-order valence-electron chi connectivity index (χ3n) is 1.71. The average Bonchev–Trinajstić information content (AvgIpc) is 2.52. The van der Waals surface area contributed by atoms with Crippen LogP contribution >= 0.6 is 22.7 Å². The quantitative estimate of drug-likeness (QED) is 0.532. The van der Waals surface area contributed by atoms with Gasteiger partial charge in [-0.15, -0.1) is 0 Å². The molecule has 3 aromatic rings. The van der Waals surface area contributed by atoms with E-state index in [0.717, 1.165) is 0 Å². The first-order valence-corrected chi connectivity index (χ1v) is 6.75. The molecule has 0 N–H and O–H groups in total. The first kappa shape index (κ1) is 6.44. The van der Waals surface area contributed by atoms with Gasteiger partial charge in [-0.05, 0) is 0 Å². The van der Waals surface area contributed by atoms with Gasteiger partial charge in [0.1, 0.15) is 0 Å².